The van der Waals surface area contributed by atoms with Crippen LogP contribution in [0.15, 0.2) is 71.3 Å². The number of carbonyl (C=O) groups is 2. The van der Waals surface area contributed by atoms with Gasteiger partial charge >= 0.3 is 0 Å². The van der Waals surface area contributed by atoms with Crippen molar-refractivity contribution in [2.24, 2.45) is 0 Å². The smallest absolute Gasteiger partial charge is 0.251 e. The van der Waals surface area contributed by atoms with E-state index in [2.05, 4.69) is 10.3 Å². The molecule has 1 aliphatic heterocycles. The van der Waals surface area contributed by atoms with Crippen LogP contribution in [0, 0.1) is 0 Å². The zero-order valence-electron chi connectivity index (χ0n) is 16.8. The van der Waals surface area contributed by atoms with Crippen LogP contribution >= 0.6 is 0 Å². The number of aryl methyl sites for hydroxylation is 1. The molecule has 3 aromatic rings. The van der Waals surface area contributed by atoms with Gasteiger partial charge in [-0.3, -0.25) is 9.59 Å². The molecule has 2 aromatic carbocycles. The molecule has 0 spiro atoms. The Kier molecular flexibility index (Phi) is 6.23. The van der Waals surface area contributed by atoms with Crippen molar-refractivity contribution in [1.82, 2.24) is 15.2 Å². The summed E-state index contributed by atoms with van der Waals surface area (Å²) >= 11 is 0. The highest BCUT2D eigenvalue weighted by atomic mass is 16.4. The summed E-state index contributed by atoms with van der Waals surface area (Å²) in [5.41, 5.74) is 1.64. The highest BCUT2D eigenvalue weighted by Crippen LogP contribution is 2.21. The van der Waals surface area contributed by atoms with E-state index in [1.54, 1.807) is 18.3 Å². The predicted octanol–water partition coefficient (Wildman–Crippen LogP) is 3.70. The lowest BCUT2D eigenvalue weighted by Gasteiger charge is -2.32. The molecular formula is C24H25N3O3. The molecule has 1 saturated heterocycles. The molecule has 1 aromatic heterocycles. The molecule has 2 heterocycles. The third-order valence-corrected chi connectivity index (χ3v) is 5.38. The number of oxazole rings is 1. The van der Waals surface area contributed by atoms with Crippen molar-refractivity contribution in [3.8, 4) is 11.3 Å². The van der Waals surface area contributed by atoms with Crippen LogP contribution in [0.5, 0.6) is 0 Å². The third-order valence-electron chi connectivity index (χ3n) is 5.38. The van der Waals surface area contributed by atoms with Crippen LogP contribution in [0.4, 0.5) is 0 Å². The van der Waals surface area contributed by atoms with Gasteiger partial charge < -0.3 is 14.6 Å². The molecular weight excluding hydrogens is 378 g/mol. The fraction of sp³-hybridized carbons (Fsp3) is 0.292. The van der Waals surface area contributed by atoms with Gasteiger partial charge in [-0.15, -0.1) is 0 Å². The quantitative estimate of drug-likeness (QED) is 0.681. The largest absolute Gasteiger partial charge is 0.441 e. The van der Waals surface area contributed by atoms with E-state index in [0.29, 0.717) is 43.1 Å². The standard InChI is InChI=1S/C24H25N3O3/c28-23(12-11-22-25-17-21(30-22)18-7-3-1-4-8-18)27-15-13-20(14-16-27)26-24(29)19-9-5-2-6-10-19/h1-10,17,20H,11-16H2,(H,26,29). The van der Waals surface area contributed by atoms with E-state index in [0.717, 1.165) is 18.4 Å². The van der Waals surface area contributed by atoms with Crippen molar-refractivity contribution in [3.63, 3.8) is 0 Å². The number of piperidine rings is 1. The first-order valence-corrected chi connectivity index (χ1v) is 10.3. The van der Waals surface area contributed by atoms with Crippen LogP contribution in [0.25, 0.3) is 11.3 Å². The Bertz CT molecular complexity index is 977. The summed E-state index contributed by atoms with van der Waals surface area (Å²) in [5.74, 6) is 1.33. The molecule has 0 atom stereocenters. The van der Waals surface area contributed by atoms with E-state index >= 15 is 0 Å². The summed E-state index contributed by atoms with van der Waals surface area (Å²) in [6, 6.07) is 19.1. The first kappa shape index (κ1) is 19.9. The second-order valence-corrected chi connectivity index (χ2v) is 7.48. The fourth-order valence-electron chi connectivity index (χ4n) is 3.67. The monoisotopic (exact) mass is 403 g/mol. The number of benzene rings is 2. The van der Waals surface area contributed by atoms with Crippen LogP contribution in [0.2, 0.25) is 0 Å². The first-order valence-electron chi connectivity index (χ1n) is 10.3. The number of rotatable bonds is 6. The molecule has 0 aliphatic carbocycles. The van der Waals surface area contributed by atoms with Gasteiger partial charge in [-0.2, -0.15) is 0 Å². The van der Waals surface area contributed by atoms with Crippen LogP contribution in [-0.2, 0) is 11.2 Å². The van der Waals surface area contributed by atoms with Gasteiger partial charge in [0.25, 0.3) is 5.91 Å². The predicted molar refractivity (Wildman–Crippen MR) is 114 cm³/mol. The van der Waals surface area contributed by atoms with E-state index < -0.39 is 0 Å². The Morgan fingerprint density at radius 3 is 2.37 bits per heavy atom. The van der Waals surface area contributed by atoms with Crippen LogP contribution in [-0.4, -0.2) is 40.8 Å². The van der Waals surface area contributed by atoms with Crippen molar-refractivity contribution < 1.29 is 14.0 Å². The summed E-state index contributed by atoms with van der Waals surface area (Å²) < 4.78 is 5.78. The molecule has 0 saturated carbocycles. The molecule has 154 valence electrons. The Morgan fingerprint density at radius 2 is 1.67 bits per heavy atom. The van der Waals surface area contributed by atoms with Gasteiger partial charge in [-0.25, -0.2) is 4.98 Å². The van der Waals surface area contributed by atoms with Gasteiger partial charge in [0.05, 0.1) is 6.20 Å². The summed E-state index contributed by atoms with van der Waals surface area (Å²) in [4.78, 5) is 31.0. The highest BCUT2D eigenvalue weighted by Gasteiger charge is 2.24. The van der Waals surface area contributed by atoms with Crippen molar-refractivity contribution >= 4 is 11.8 Å². The Balaban J connectivity index is 1.22. The second kappa shape index (κ2) is 9.39. The van der Waals surface area contributed by atoms with Gasteiger partial charge in [0.1, 0.15) is 0 Å². The van der Waals surface area contributed by atoms with Crippen LogP contribution in [0.1, 0.15) is 35.5 Å². The number of aromatic nitrogens is 1. The number of hydrogen-bond acceptors (Lipinski definition) is 4. The van der Waals surface area contributed by atoms with E-state index in [1.807, 2.05) is 53.4 Å². The van der Waals surface area contributed by atoms with Crippen molar-refractivity contribution in [1.29, 1.82) is 0 Å². The van der Waals surface area contributed by atoms with E-state index in [1.165, 1.54) is 0 Å². The van der Waals surface area contributed by atoms with E-state index in [4.69, 9.17) is 4.42 Å². The molecule has 6 nitrogen and oxygen atoms in total. The zero-order chi connectivity index (χ0) is 20.8. The van der Waals surface area contributed by atoms with Crippen LogP contribution in [0.3, 0.4) is 0 Å². The van der Waals surface area contributed by atoms with Gasteiger partial charge in [0.2, 0.25) is 5.91 Å². The first-order chi connectivity index (χ1) is 14.7. The summed E-state index contributed by atoms with van der Waals surface area (Å²) in [6.07, 6.45) is 4.09. The maximum absolute atomic E-state index is 12.6. The third kappa shape index (κ3) is 4.95. The molecule has 2 amide bonds. The number of hydrogen-bond donors (Lipinski definition) is 1. The molecule has 1 fully saturated rings. The highest BCUT2D eigenvalue weighted by molar-refractivity contribution is 5.94. The minimum atomic E-state index is -0.0570. The molecule has 1 N–H and O–H groups in total. The number of nitrogens with one attached hydrogen (secondary N) is 1. The molecule has 4 rings (SSSR count). The molecule has 1 aliphatic rings. The lowest BCUT2D eigenvalue weighted by atomic mass is 10.0. The van der Waals surface area contributed by atoms with Gasteiger partial charge in [0.15, 0.2) is 11.7 Å². The Labute approximate surface area is 175 Å². The maximum atomic E-state index is 12.6. The lowest BCUT2D eigenvalue weighted by Crippen LogP contribution is -2.46. The second-order valence-electron chi connectivity index (χ2n) is 7.48. The molecule has 0 bridgehead atoms. The average Bonchev–Trinajstić information content (AvgIpc) is 3.28. The number of carbonyl (C=O) groups excluding carboxylic acids is 2. The fourth-order valence-corrected chi connectivity index (χ4v) is 3.67. The van der Waals surface area contributed by atoms with Gasteiger partial charge in [0, 0.05) is 43.1 Å². The summed E-state index contributed by atoms with van der Waals surface area (Å²) in [7, 11) is 0. The van der Waals surface area contributed by atoms with Crippen molar-refractivity contribution in [2.75, 3.05) is 13.1 Å². The Hall–Kier alpha value is -3.41. The van der Waals surface area contributed by atoms with Crippen molar-refractivity contribution in [2.45, 2.75) is 31.7 Å². The summed E-state index contributed by atoms with van der Waals surface area (Å²) in [6.45, 7) is 1.30. The molecule has 0 unspecified atom stereocenters. The molecule has 30 heavy (non-hydrogen) atoms. The minimum absolute atomic E-state index is 0.0570. The maximum Gasteiger partial charge on any atom is 0.251 e. The average molecular weight is 403 g/mol. The summed E-state index contributed by atoms with van der Waals surface area (Å²) in [5, 5.41) is 3.07. The minimum Gasteiger partial charge on any atom is -0.441 e. The zero-order valence-corrected chi connectivity index (χ0v) is 16.8. The number of amides is 2. The number of likely N-dealkylation sites (tertiary alicyclic amines) is 1. The van der Waals surface area contributed by atoms with E-state index in [9.17, 15) is 9.59 Å². The topological polar surface area (TPSA) is 75.4 Å². The molecule has 0 radical (unpaired) electrons. The normalized spacial score (nSPS) is 14.5. The van der Waals surface area contributed by atoms with Gasteiger partial charge in [-0.05, 0) is 25.0 Å². The van der Waals surface area contributed by atoms with Gasteiger partial charge in [-0.1, -0.05) is 48.5 Å². The molecule has 6 heteroatoms. The van der Waals surface area contributed by atoms with Crippen molar-refractivity contribution in [3.05, 3.63) is 78.3 Å². The lowest BCUT2D eigenvalue weighted by molar-refractivity contribution is -0.132. The van der Waals surface area contributed by atoms with E-state index in [-0.39, 0.29) is 17.9 Å². The van der Waals surface area contributed by atoms with Crippen LogP contribution < -0.4 is 5.32 Å². The number of nitrogens with zero attached hydrogens (tertiary/aromatic N) is 2. The Morgan fingerprint density at radius 1 is 1.00 bits per heavy atom. The SMILES string of the molecule is O=C(NC1CCN(C(=O)CCc2ncc(-c3ccccc3)o2)CC1)c1ccccc1.